The van der Waals surface area contributed by atoms with Crippen molar-refractivity contribution in [3.05, 3.63) is 35.2 Å². The molecule has 0 radical (unpaired) electrons. The Hall–Kier alpha value is -1.43. The molecule has 1 aromatic carbocycles. The van der Waals surface area contributed by atoms with E-state index in [1.54, 1.807) is 0 Å². The van der Waals surface area contributed by atoms with Crippen molar-refractivity contribution in [3.63, 3.8) is 0 Å². The van der Waals surface area contributed by atoms with E-state index in [0.717, 1.165) is 18.7 Å². The maximum Gasteiger partial charge on any atom is 0.249 e. The zero-order valence-electron chi connectivity index (χ0n) is 13.8. The number of halogens is 1. The second-order valence-electron chi connectivity index (χ2n) is 6.76. The van der Waals surface area contributed by atoms with Gasteiger partial charge in [0.15, 0.2) is 0 Å². The lowest BCUT2D eigenvalue weighted by molar-refractivity contribution is 0.173. The summed E-state index contributed by atoms with van der Waals surface area (Å²) >= 11 is 6.21. The molecule has 2 aliphatic rings. The highest BCUT2D eigenvalue weighted by atomic mass is 35.5. The minimum atomic E-state index is 0.505. The summed E-state index contributed by atoms with van der Waals surface area (Å²) in [6.07, 6.45) is 5.21. The Labute approximate surface area is 147 Å². The average Bonchev–Trinajstić information content (AvgIpc) is 3.32. The van der Waals surface area contributed by atoms with Gasteiger partial charge in [0.2, 0.25) is 11.8 Å². The molecular weight excluding hydrogens is 324 g/mol. The Morgan fingerprint density at radius 3 is 2.75 bits per heavy atom. The molecule has 1 aromatic heterocycles. The first kappa shape index (κ1) is 16.1. The van der Waals surface area contributed by atoms with Crippen molar-refractivity contribution in [2.45, 2.75) is 38.3 Å². The Morgan fingerprint density at radius 2 is 1.92 bits per heavy atom. The van der Waals surface area contributed by atoms with E-state index in [1.807, 2.05) is 24.3 Å². The lowest BCUT2D eigenvalue weighted by atomic mass is 10.2. The normalized spacial score (nSPS) is 22.5. The third-order valence-corrected chi connectivity index (χ3v) is 5.41. The predicted molar refractivity (Wildman–Crippen MR) is 93.9 cm³/mol. The summed E-state index contributed by atoms with van der Waals surface area (Å²) < 4.78 is 5.87. The van der Waals surface area contributed by atoms with Gasteiger partial charge in [-0.1, -0.05) is 23.7 Å². The Kier molecular flexibility index (Phi) is 4.83. The molecule has 0 aliphatic carbocycles. The molecular formula is C18H23ClN4O. The van der Waals surface area contributed by atoms with E-state index in [1.165, 1.54) is 45.3 Å². The number of nitrogens with zero attached hydrogens (tertiary/aromatic N) is 4. The van der Waals surface area contributed by atoms with Crippen molar-refractivity contribution in [1.29, 1.82) is 0 Å². The van der Waals surface area contributed by atoms with E-state index in [4.69, 9.17) is 16.0 Å². The highest BCUT2D eigenvalue weighted by Crippen LogP contribution is 2.27. The van der Waals surface area contributed by atoms with Crippen LogP contribution in [0.1, 0.15) is 31.6 Å². The van der Waals surface area contributed by atoms with Gasteiger partial charge < -0.3 is 9.32 Å². The third-order valence-electron chi connectivity index (χ3n) is 5.08. The van der Waals surface area contributed by atoms with Gasteiger partial charge in [-0.3, -0.25) is 4.90 Å². The molecule has 0 amide bonds. The number of hydrogen-bond donors (Lipinski definition) is 0. The molecule has 2 aromatic rings. The van der Waals surface area contributed by atoms with Crippen LogP contribution in [-0.2, 0) is 6.54 Å². The molecule has 3 heterocycles. The first-order valence-electron chi connectivity index (χ1n) is 8.83. The van der Waals surface area contributed by atoms with Gasteiger partial charge in [-0.15, -0.1) is 10.2 Å². The number of benzene rings is 1. The minimum absolute atomic E-state index is 0.505. The van der Waals surface area contributed by atoms with Gasteiger partial charge in [-0.05, 0) is 57.5 Å². The van der Waals surface area contributed by atoms with Crippen molar-refractivity contribution in [2.24, 2.45) is 0 Å². The van der Waals surface area contributed by atoms with Crippen LogP contribution in [0.3, 0.4) is 0 Å². The molecule has 6 heteroatoms. The van der Waals surface area contributed by atoms with Gasteiger partial charge >= 0.3 is 0 Å². The third kappa shape index (κ3) is 3.48. The van der Waals surface area contributed by atoms with Crippen molar-refractivity contribution >= 4 is 11.6 Å². The maximum atomic E-state index is 6.21. The summed E-state index contributed by atoms with van der Waals surface area (Å²) in [5, 5.41) is 9.05. The van der Waals surface area contributed by atoms with E-state index in [2.05, 4.69) is 20.0 Å². The number of aromatic nitrogens is 2. The van der Waals surface area contributed by atoms with Crippen LogP contribution in [0.2, 0.25) is 5.02 Å². The summed E-state index contributed by atoms with van der Waals surface area (Å²) in [6.45, 7) is 5.52. The first-order chi connectivity index (χ1) is 11.8. The largest absolute Gasteiger partial charge is 0.419 e. The van der Waals surface area contributed by atoms with Crippen LogP contribution >= 0.6 is 11.6 Å². The van der Waals surface area contributed by atoms with E-state index in [9.17, 15) is 0 Å². The summed E-state index contributed by atoms with van der Waals surface area (Å²) in [5.74, 6) is 1.18. The van der Waals surface area contributed by atoms with Gasteiger partial charge in [0.05, 0.1) is 17.1 Å². The fourth-order valence-electron chi connectivity index (χ4n) is 3.81. The summed E-state index contributed by atoms with van der Waals surface area (Å²) in [7, 11) is 0. The lowest BCUT2D eigenvalue weighted by Gasteiger charge is -2.27. The van der Waals surface area contributed by atoms with Crippen molar-refractivity contribution in [1.82, 2.24) is 20.0 Å². The van der Waals surface area contributed by atoms with Crippen LogP contribution in [-0.4, -0.2) is 52.2 Å². The fraction of sp³-hybridized carbons (Fsp3) is 0.556. The molecule has 2 aliphatic heterocycles. The monoisotopic (exact) mass is 346 g/mol. The Bertz CT molecular complexity index is 683. The van der Waals surface area contributed by atoms with E-state index in [-0.39, 0.29) is 0 Å². The summed E-state index contributed by atoms with van der Waals surface area (Å²) in [6, 6.07) is 8.19. The van der Waals surface area contributed by atoms with E-state index >= 15 is 0 Å². The summed E-state index contributed by atoms with van der Waals surface area (Å²) in [4.78, 5) is 5.08. The highest BCUT2D eigenvalue weighted by molar-refractivity contribution is 6.33. The SMILES string of the molecule is Clc1ccccc1-c1nnc(CN2CCC[C@H]2CN2CCCC2)o1. The van der Waals surface area contributed by atoms with Crippen LogP contribution in [0, 0.1) is 0 Å². The molecule has 0 unspecified atom stereocenters. The molecule has 128 valence electrons. The van der Waals surface area contributed by atoms with Gasteiger partial charge in [0.1, 0.15) is 0 Å². The fourth-order valence-corrected chi connectivity index (χ4v) is 4.02. The molecule has 0 spiro atoms. The van der Waals surface area contributed by atoms with Gasteiger partial charge in [-0.25, -0.2) is 0 Å². The molecule has 2 fully saturated rings. The molecule has 4 rings (SSSR count). The van der Waals surface area contributed by atoms with E-state index < -0.39 is 0 Å². The number of likely N-dealkylation sites (tertiary alicyclic amines) is 2. The van der Waals surface area contributed by atoms with Crippen molar-refractivity contribution < 1.29 is 4.42 Å². The maximum absolute atomic E-state index is 6.21. The first-order valence-corrected chi connectivity index (χ1v) is 9.21. The lowest BCUT2D eigenvalue weighted by Crippen LogP contribution is -2.38. The topological polar surface area (TPSA) is 45.4 Å². The zero-order valence-corrected chi connectivity index (χ0v) is 14.6. The highest BCUT2D eigenvalue weighted by Gasteiger charge is 2.28. The average molecular weight is 347 g/mol. The molecule has 1 atom stereocenters. The number of hydrogen-bond acceptors (Lipinski definition) is 5. The van der Waals surface area contributed by atoms with Crippen LogP contribution in [0.25, 0.3) is 11.5 Å². The van der Waals surface area contributed by atoms with Crippen molar-refractivity contribution in [3.8, 4) is 11.5 Å². The summed E-state index contributed by atoms with van der Waals surface area (Å²) in [5.41, 5.74) is 0.799. The van der Waals surface area contributed by atoms with Gasteiger partial charge in [0.25, 0.3) is 0 Å². The van der Waals surface area contributed by atoms with Crippen LogP contribution in [0.4, 0.5) is 0 Å². The molecule has 2 saturated heterocycles. The van der Waals surface area contributed by atoms with Crippen LogP contribution in [0.15, 0.2) is 28.7 Å². The molecule has 24 heavy (non-hydrogen) atoms. The quantitative estimate of drug-likeness (QED) is 0.829. The molecule has 0 N–H and O–H groups in total. The predicted octanol–water partition coefficient (Wildman–Crippen LogP) is 3.45. The second-order valence-corrected chi connectivity index (χ2v) is 7.16. The number of rotatable bonds is 5. The molecule has 5 nitrogen and oxygen atoms in total. The van der Waals surface area contributed by atoms with E-state index in [0.29, 0.717) is 22.8 Å². The van der Waals surface area contributed by atoms with Gasteiger partial charge in [-0.2, -0.15) is 0 Å². The standard InChI is InChI=1S/C18H23ClN4O/c19-16-8-2-1-7-15(16)18-21-20-17(24-18)13-23-11-5-6-14(23)12-22-9-3-4-10-22/h1-2,7-8,14H,3-6,9-13H2/t14-/m0/s1. The van der Waals surface area contributed by atoms with Crippen LogP contribution in [0.5, 0.6) is 0 Å². The van der Waals surface area contributed by atoms with Gasteiger partial charge in [0, 0.05) is 12.6 Å². The molecule has 0 saturated carbocycles. The van der Waals surface area contributed by atoms with Crippen molar-refractivity contribution in [2.75, 3.05) is 26.2 Å². The minimum Gasteiger partial charge on any atom is -0.419 e. The Morgan fingerprint density at radius 1 is 1.08 bits per heavy atom. The Balaban J connectivity index is 1.42. The van der Waals surface area contributed by atoms with Crippen LogP contribution < -0.4 is 0 Å². The second kappa shape index (κ2) is 7.21. The molecule has 0 bridgehead atoms. The zero-order chi connectivity index (χ0) is 16.4. The smallest absolute Gasteiger partial charge is 0.249 e.